The summed E-state index contributed by atoms with van der Waals surface area (Å²) in [5.41, 5.74) is 2.63. The van der Waals surface area contributed by atoms with Crippen molar-refractivity contribution in [3.05, 3.63) is 12.4 Å². The Morgan fingerprint density at radius 3 is 3.00 bits per heavy atom. The van der Waals surface area contributed by atoms with Crippen molar-refractivity contribution in [1.82, 2.24) is 4.72 Å². The third-order valence-electron chi connectivity index (χ3n) is 0.374. The van der Waals surface area contributed by atoms with E-state index in [9.17, 15) is 0 Å². The Balaban J connectivity index is 2.46. The number of nitrogens with zero attached hydrogens (tertiary/aromatic N) is 1. The van der Waals surface area contributed by atoms with Gasteiger partial charge in [0.2, 0.25) is 0 Å². The largest absolute Gasteiger partial charge is 0.330 e. The van der Waals surface area contributed by atoms with Crippen molar-refractivity contribution in [2.24, 2.45) is 4.99 Å². The van der Waals surface area contributed by atoms with Gasteiger partial charge in [-0.3, -0.25) is 0 Å². The van der Waals surface area contributed by atoms with Crippen LogP contribution in [-0.4, -0.2) is 5.55 Å². The number of nitrogens with one attached hydrogen (secondary N) is 1. The molecule has 0 atom stereocenters. The Morgan fingerprint density at radius 1 is 1.83 bits per heavy atom. The molecule has 0 fully saturated rings. The van der Waals surface area contributed by atoms with Crippen molar-refractivity contribution in [2.75, 3.05) is 0 Å². The van der Waals surface area contributed by atoms with Crippen LogP contribution in [0.1, 0.15) is 0 Å². The summed E-state index contributed by atoms with van der Waals surface area (Å²) in [6.45, 7) is 0. The minimum Gasteiger partial charge on any atom is -0.330 e. The van der Waals surface area contributed by atoms with Gasteiger partial charge in [0.1, 0.15) is 0 Å². The van der Waals surface area contributed by atoms with Gasteiger partial charge in [0.05, 0.1) is 0 Å². The molecule has 1 heterocycles. The highest BCUT2D eigenvalue weighted by Crippen LogP contribution is 1.91. The fraction of sp³-hybridized carbons (Fsp3) is 0. The second-order valence-electron chi connectivity index (χ2n) is 0.756. The average Bonchev–Trinajstić information content (AvgIpc) is 1.72. The highest BCUT2D eigenvalue weighted by Gasteiger charge is 1.77. The van der Waals surface area contributed by atoms with E-state index >= 15 is 0 Å². The van der Waals surface area contributed by atoms with Crippen LogP contribution in [0.5, 0.6) is 0 Å². The Hall–Kier alpha value is -0.440. The van der Waals surface area contributed by atoms with E-state index in [1.807, 2.05) is 0 Å². The molecule has 0 aromatic heterocycles. The summed E-state index contributed by atoms with van der Waals surface area (Å²) in [5, 5.41) is 0. The van der Waals surface area contributed by atoms with Crippen molar-refractivity contribution in [2.45, 2.75) is 0 Å². The third-order valence-corrected chi connectivity index (χ3v) is 0.825. The van der Waals surface area contributed by atoms with E-state index < -0.39 is 0 Å². The molecule has 0 amide bonds. The molecule has 6 heavy (non-hydrogen) atoms. The predicted octanol–water partition coefficient (Wildman–Crippen LogP) is 0.614. The van der Waals surface area contributed by atoms with E-state index in [1.165, 1.54) is 11.9 Å². The number of hydrogen-bond donors (Lipinski definition) is 1. The summed E-state index contributed by atoms with van der Waals surface area (Å²) in [4.78, 5) is 3.65. The lowest BCUT2D eigenvalue weighted by molar-refractivity contribution is 1.37. The minimum atomic E-state index is 1.34. The lowest BCUT2D eigenvalue weighted by atomic mass is 10.9. The first kappa shape index (κ1) is 3.74. The molecule has 0 bridgehead atoms. The molecule has 1 aliphatic heterocycles. The number of hydrogen-bond acceptors (Lipinski definition) is 3. The zero-order chi connectivity index (χ0) is 4.24. The summed E-state index contributed by atoms with van der Waals surface area (Å²) in [6, 6.07) is 0. The van der Waals surface area contributed by atoms with Gasteiger partial charge in [-0.15, -0.1) is 0 Å². The zero-order valence-electron chi connectivity index (χ0n) is 3.01. The van der Waals surface area contributed by atoms with Gasteiger partial charge in [-0.25, -0.2) is 4.99 Å². The van der Waals surface area contributed by atoms with Crippen LogP contribution in [0.25, 0.3) is 0 Å². The predicted molar refractivity (Wildman–Crippen MR) is 27.3 cm³/mol. The van der Waals surface area contributed by atoms with Gasteiger partial charge in [-0.1, -0.05) is 0 Å². The maximum absolute atomic E-state index is 3.65. The first-order valence-electron chi connectivity index (χ1n) is 1.51. The average molecular weight is 99.1 g/mol. The zero-order valence-corrected chi connectivity index (χ0v) is 3.83. The standard InChI is InChI=1S/C3H3N2S/c1-2-5-6-3-4-1/h1-2,5H. The first-order chi connectivity index (χ1) is 3.00. The van der Waals surface area contributed by atoms with Crippen LogP contribution in [0.4, 0.5) is 0 Å². The van der Waals surface area contributed by atoms with Crippen LogP contribution in [-0.2, 0) is 0 Å². The molecular formula is C3H3N2S. The van der Waals surface area contributed by atoms with Crippen LogP contribution in [0.2, 0.25) is 0 Å². The summed E-state index contributed by atoms with van der Waals surface area (Å²) in [6.07, 6.45) is 3.40. The Labute approximate surface area is 40.5 Å². The lowest BCUT2D eigenvalue weighted by Gasteiger charge is -1.91. The van der Waals surface area contributed by atoms with Gasteiger partial charge in [-0.2, -0.15) is 0 Å². The van der Waals surface area contributed by atoms with E-state index in [4.69, 9.17) is 0 Å². The molecular weight excluding hydrogens is 96.1 g/mol. The summed E-state index contributed by atoms with van der Waals surface area (Å²) in [7, 11) is 0. The molecule has 2 nitrogen and oxygen atoms in total. The topological polar surface area (TPSA) is 24.4 Å². The lowest BCUT2D eigenvalue weighted by Crippen LogP contribution is -1.91. The molecule has 0 aromatic rings. The van der Waals surface area contributed by atoms with Gasteiger partial charge >= 0.3 is 0 Å². The van der Waals surface area contributed by atoms with Crippen molar-refractivity contribution < 1.29 is 0 Å². The fourth-order valence-electron chi connectivity index (χ4n) is 0.185. The highest BCUT2D eigenvalue weighted by atomic mass is 32.2. The van der Waals surface area contributed by atoms with E-state index in [1.54, 1.807) is 12.4 Å². The molecule has 1 rings (SSSR count). The Kier molecular flexibility index (Phi) is 1.17. The maximum Gasteiger partial charge on any atom is 0.150 e. The summed E-state index contributed by atoms with van der Waals surface area (Å²) in [5.74, 6) is 0. The Bertz CT molecular complexity index is 74.8. The Morgan fingerprint density at radius 2 is 2.83 bits per heavy atom. The van der Waals surface area contributed by atoms with Crippen LogP contribution < -0.4 is 4.72 Å². The van der Waals surface area contributed by atoms with Crippen LogP contribution >= 0.6 is 11.9 Å². The monoisotopic (exact) mass is 99.0 g/mol. The SMILES string of the molecule is [C]1=NC=CNS1. The molecule has 31 valence electrons. The molecule has 0 saturated heterocycles. The van der Waals surface area contributed by atoms with Gasteiger partial charge in [0.25, 0.3) is 0 Å². The molecule has 0 aromatic carbocycles. The van der Waals surface area contributed by atoms with Crippen molar-refractivity contribution in [3.63, 3.8) is 0 Å². The summed E-state index contributed by atoms with van der Waals surface area (Å²) >= 11 is 1.34. The van der Waals surface area contributed by atoms with Crippen LogP contribution in [0.3, 0.4) is 0 Å². The van der Waals surface area contributed by atoms with Crippen molar-refractivity contribution in [3.8, 4) is 0 Å². The molecule has 1 radical (unpaired) electrons. The van der Waals surface area contributed by atoms with Crippen LogP contribution in [0, 0.1) is 0 Å². The van der Waals surface area contributed by atoms with Crippen molar-refractivity contribution in [1.29, 1.82) is 0 Å². The normalized spacial score (nSPS) is 17.3. The minimum absolute atomic E-state index is 1.34. The van der Waals surface area contributed by atoms with Crippen LogP contribution in [0.15, 0.2) is 17.4 Å². The van der Waals surface area contributed by atoms with E-state index in [-0.39, 0.29) is 0 Å². The maximum atomic E-state index is 3.65. The molecule has 0 unspecified atom stereocenters. The van der Waals surface area contributed by atoms with E-state index in [0.717, 1.165) is 0 Å². The number of rotatable bonds is 0. The molecule has 1 N–H and O–H groups in total. The first-order valence-corrected chi connectivity index (χ1v) is 2.33. The van der Waals surface area contributed by atoms with Gasteiger partial charge in [-0.05, 0) is 0 Å². The molecule has 3 heteroatoms. The third kappa shape index (κ3) is 0.755. The van der Waals surface area contributed by atoms with Gasteiger partial charge in [0.15, 0.2) is 5.55 Å². The van der Waals surface area contributed by atoms with E-state index in [0.29, 0.717) is 0 Å². The van der Waals surface area contributed by atoms with E-state index in [2.05, 4.69) is 15.3 Å². The smallest absolute Gasteiger partial charge is 0.150 e. The quantitative estimate of drug-likeness (QED) is 0.450. The summed E-state index contributed by atoms with van der Waals surface area (Å²) < 4.78 is 2.82. The van der Waals surface area contributed by atoms with Crippen molar-refractivity contribution >= 4 is 17.5 Å². The molecule has 0 saturated carbocycles. The van der Waals surface area contributed by atoms with Gasteiger partial charge < -0.3 is 4.72 Å². The second kappa shape index (κ2) is 1.87. The van der Waals surface area contributed by atoms with Gasteiger partial charge in [0, 0.05) is 24.3 Å². The molecule has 0 spiro atoms. The molecule has 1 aliphatic rings. The molecule has 0 aliphatic carbocycles. The number of aliphatic imine (C=N–C) groups is 1. The second-order valence-corrected chi connectivity index (χ2v) is 1.38. The highest BCUT2D eigenvalue weighted by molar-refractivity contribution is 8.10. The fourth-order valence-corrected chi connectivity index (χ4v) is 0.480.